The number of aromatic nitrogens is 2. The summed E-state index contributed by atoms with van der Waals surface area (Å²) in [6.45, 7) is 3.80. The van der Waals surface area contributed by atoms with Crippen molar-refractivity contribution in [2.75, 3.05) is 18.4 Å². The van der Waals surface area contributed by atoms with E-state index in [1.807, 2.05) is 6.92 Å². The van der Waals surface area contributed by atoms with Crippen molar-refractivity contribution < 1.29 is 4.39 Å². The molecule has 1 aromatic rings. The maximum absolute atomic E-state index is 13.8. The Morgan fingerprint density at radius 3 is 3.12 bits per heavy atom. The fourth-order valence-corrected chi connectivity index (χ4v) is 1.92. The van der Waals surface area contributed by atoms with Crippen LogP contribution in [0.4, 0.5) is 10.2 Å². The van der Waals surface area contributed by atoms with Crippen LogP contribution >= 0.6 is 0 Å². The second-order valence-corrected chi connectivity index (χ2v) is 4.02. The van der Waals surface area contributed by atoms with E-state index in [1.54, 1.807) is 0 Å². The number of hydrogen-bond acceptors (Lipinski definition) is 4. The van der Waals surface area contributed by atoms with E-state index in [4.69, 9.17) is 0 Å². The van der Waals surface area contributed by atoms with Crippen LogP contribution in [-0.4, -0.2) is 29.1 Å². The SMILES string of the molecule is CCc1ncnc(NC2CCCNC2)c1F. The lowest BCUT2D eigenvalue weighted by Gasteiger charge is -2.24. The Bertz CT molecular complexity index is 350. The molecule has 1 fully saturated rings. The summed E-state index contributed by atoms with van der Waals surface area (Å²) in [5.74, 6) is 0.0242. The van der Waals surface area contributed by atoms with Crippen molar-refractivity contribution in [1.29, 1.82) is 0 Å². The van der Waals surface area contributed by atoms with Crippen molar-refractivity contribution in [2.24, 2.45) is 0 Å². The molecule has 0 aliphatic carbocycles. The van der Waals surface area contributed by atoms with Gasteiger partial charge in [0, 0.05) is 12.6 Å². The molecule has 5 heteroatoms. The third-order valence-corrected chi connectivity index (χ3v) is 2.83. The number of nitrogens with zero attached hydrogens (tertiary/aromatic N) is 2. The standard InChI is InChI=1S/C11H17FN4/c1-2-9-10(12)11(15-7-14-9)16-8-4-3-5-13-6-8/h7-8,13H,2-6H2,1H3,(H,14,15,16). The molecule has 0 saturated carbocycles. The highest BCUT2D eigenvalue weighted by Crippen LogP contribution is 2.16. The molecule has 2 rings (SSSR count). The fraction of sp³-hybridized carbons (Fsp3) is 0.636. The van der Waals surface area contributed by atoms with Crippen LogP contribution in [0.3, 0.4) is 0 Å². The van der Waals surface area contributed by atoms with Gasteiger partial charge in [-0.1, -0.05) is 6.92 Å². The van der Waals surface area contributed by atoms with Crippen LogP contribution in [-0.2, 0) is 6.42 Å². The van der Waals surface area contributed by atoms with E-state index in [-0.39, 0.29) is 11.9 Å². The van der Waals surface area contributed by atoms with Gasteiger partial charge < -0.3 is 10.6 Å². The molecular weight excluding hydrogens is 207 g/mol. The molecule has 0 spiro atoms. The third kappa shape index (κ3) is 2.47. The smallest absolute Gasteiger partial charge is 0.186 e. The number of halogens is 1. The molecule has 1 aromatic heterocycles. The summed E-state index contributed by atoms with van der Waals surface area (Å²) in [6, 6.07) is 0.267. The first-order chi connectivity index (χ1) is 7.81. The van der Waals surface area contributed by atoms with Crippen LogP contribution < -0.4 is 10.6 Å². The third-order valence-electron chi connectivity index (χ3n) is 2.83. The number of hydrogen-bond donors (Lipinski definition) is 2. The molecular formula is C11H17FN4. The van der Waals surface area contributed by atoms with Gasteiger partial charge in [-0.05, 0) is 25.8 Å². The molecule has 2 N–H and O–H groups in total. The van der Waals surface area contributed by atoms with Gasteiger partial charge in [0.1, 0.15) is 6.33 Å². The average Bonchev–Trinajstić information content (AvgIpc) is 2.33. The zero-order chi connectivity index (χ0) is 11.4. The molecule has 1 aliphatic rings. The van der Waals surface area contributed by atoms with E-state index < -0.39 is 0 Å². The quantitative estimate of drug-likeness (QED) is 0.813. The number of aryl methyl sites for hydroxylation is 1. The summed E-state index contributed by atoms with van der Waals surface area (Å²) < 4.78 is 13.8. The topological polar surface area (TPSA) is 49.8 Å². The van der Waals surface area contributed by atoms with Crippen molar-refractivity contribution in [1.82, 2.24) is 15.3 Å². The number of anilines is 1. The van der Waals surface area contributed by atoms with E-state index in [1.165, 1.54) is 6.33 Å². The maximum Gasteiger partial charge on any atom is 0.186 e. The molecule has 0 bridgehead atoms. The van der Waals surface area contributed by atoms with Crippen LogP contribution in [0.15, 0.2) is 6.33 Å². The van der Waals surface area contributed by atoms with Crippen LogP contribution in [0.2, 0.25) is 0 Å². The molecule has 0 amide bonds. The Kier molecular flexibility index (Phi) is 3.66. The Balaban J connectivity index is 2.08. The van der Waals surface area contributed by atoms with Crippen molar-refractivity contribution >= 4 is 5.82 Å². The summed E-state index contributed by atoms with van der Waals surface area (Å²) in [5.41, 5.74) is 0.473. The second kappa shape index (κ2) is 5.21. The normalized spacial score (nSPS) is 20.8. The predicted octanol–water partition coefficient (Wildman–Crippen LogP) is 1.34. The number of rotatable bonds is 3. The average molecular weight is 224 g/mol. The van der Waals surface area contributed by atoms with Crippen molar-refractivity contribution in [2.45, 2.75) is 32.2 Å². The highest BCUT2D eigenvalue weighted by molar-refractivity contribution is 5.38. The summed E-state index contributed by atoms with van der Waals surface area (Å²) in [4.78, 5) is 7.86. The fourth-order valence-electron chi connectivity index (χ4n) is 1.92. The molecule has 0 radical (unpaired) electrons. The monoisotopic (exact) mass is 224 g/mol. The molecule has 1 atom stereocenters. The molecule has 0 aromatic carbocycles. The van der Waals surface area contributed by atoms with Gasteiger partial charge in [0.15, 0.2) is 11.6 Å². The zero-order valence-electron chi connectivity index (χ0n) is 9.46. The van der Waals surface area contributed by atoms with Gasteiger partial charge >= 0.3 is 0 Å². The van der Waals surface area contributed by atoms with Gasteiger partial charge in [-0.2, -0.15) is 0 Å². The first kappa shape index (κ1) is 11.3. The van der Waals surface area contributed by atoms with Crippen LogP contribution in [0, 0.1) is 5.82 Å². The Hall–Kier alpha value is -1.23. The predicted molar refractivity (Wildman–Crippen MR) is 60.9 cm³/mol. The Morgan fingerprint density at radius 1 is 1.56 bits per heavy atom. The first-order valence-electron chi connectivity index (χ1n) is 5.78. The van der Waals surface area contributed by atoms with Crippen molar-refractivity contribution in [3.63, 3.8) is 0 Å². The van der Waals surface area contributed by atoms with E-state index in [0.29, 0.717) is 17.9 Å². The molecule has 1 unspecified atom stereocenters. The van der Waals surface area contributed by atoms with Gasteiger partial charge in [-0.25, -0.2) is 14.4 Å². The van der Waals surface area contributed by atoms with Crippen molar-refractivity contribution in [3.8, 4) is 0 Å². The molecule has 1 saturated heterocycles. The van der Waals surface area contributed by atoms with E-state index in [0.717, 1.165) is 25.9 Å². The summed E-state index contributed by atoms with van der Waals surface area (Å²) in [6.07, 6.45) is 4.18. The Labute approximate surface area is 94.7 Å². The summed E-state index contributed by atoms with van der Waals surface area (Å²) >= 11 is 0. The van der Waals surface area contributed by atoms with Gasteiger partial charge in [0.2, 0.25) is 0 Å². The summed E-state index contributed by atoms with van der Waals surface area (Å²) in [7, 11) is 0. The van der Waals surface area contributed by atoms with Crippen LogP contribution in [0.5, 0.6) is 0 Å². The van der Waals surface area contributed by atoms with Crippen molar-refractivity contribution in [3.05, 3.63) is 17.8 Å². The lowest BCUT2D eigenvalue weighted by atomic mass is 10.1. The number of nitrogens with one attached hydrogen (secondary N) is 2. The molecule has 2 heterocycles. The lowest BCUT2D eigenvalue weighted by molar-refractivity contribution is 0.475. The highest BCUT2D eigenvalue weighted by atomic mass is 19.1. The highest BCUT2D eigenvalue weighted by Gasteiger charge is 2.16. The maximum atomic E-state index is 13.8. The van der Waals surface area contributed by atoms with Gasteiger partial charge in [-0.3, -0.25) is 0 Å². The van der Waals surface area contributed by atoms with Gasteiger partial charge in [-0.15, -0.1) is 0 Å². The Morgan fingerprint density at radius 2 is 2.44 bits per heavy atom. The largest absolute Gasteiger partial charge is 0.364 e. The van der Waals surface area contributed by atoms with Crippen LogP contribution in [0.1, 0.15) is 25.5 Å². The van der Waals surface area contributed by atoms with Gasteiger partial charge in [0.05, 0.1) is 5.69 Å². The minimum absolute atomic E-state index is 0.267. The first-order valence-corrected chi connectivity index (χ1v) is 5.78. The van der Waals surface area contributed by atoms with E-state index in [9.17, 15) is 4.39 Å². The van der Waals surface area contributed by atoms with Crippen LogP contribution in [0.25, 0.3) is 0 Å². The lowest BCUT2D eigenvalue weighted by Crippen LogP contribution is -2.38. The second-order valence-electron chi connectivity index (χ2n) is 4.02. The minimum Gasteiger partial charge on any atom is -0.364 e. The molecule has 88 valence electrons. The zero-order valence-corrected chi connectivity index (χ0v) is 9.46. The van der Waals surface area contributed by atoms with E-state index in [2.05, 4.69) is 20.6 Å². The van der Waals surface area contributed by atoms with E-state index >= 15 is 0 Å². The molecule has 1 aliphatic heterocycles. The van der Waals surface area contributed by atoms with Gasteiger partial charge in [0.25, 0.3) is 0 Å². The molecule has 4 nitrogen and oxygen atoms in total. The minimum atomic E-state index is -0.310. The summed E-state index contributed by atoms with van der Waals surface area (Å²) in [5, 5.41) is 6.41. The number of piperidine rings is 1. The molecule has 16 heavy (non-hydrogen) atoms.